The Kier molecular flexibility index (Phi) is 2.57. The van der Waals surface area contributed by atoms with Gasteiger partial charge in [0.25, 0.3) is 5.56 Å². The Hall–Kier alpha value is -1.50. The zero-order valence-electron chi connectivity index (χ0n) is 6.70. The molecule has 0 radical (unpaired) electrons. The van der Waals surface area contributed by atoms with Crippen LogP contribution in [0.4, 0.5) is 5.95 Å². The third-order valence-electron chi connectivity index (χ3n) is 1.31. The van der Waals surface area contributed by atoms with E-state index in [-0.39, 0.29) is 16.5 Å². The average molecular weight is 201 g/mol. The molecule has 0 bridgehead atoms. The van der Waals surface area contributed by atoms with Crippen molar-refractivity contribution in [3.63, 3.8) is 0 Å². The molecule has 0 aliphatic carbocycles. The highest BCUT2D eigenvalue weighted by Gasteiger charge is 2.16. The summed E-state index contributed by atoms with van der Waals surface area (Å²) in [5.74, 6) is -1.39. The van der Waals surface area contributed by atoms with Gasteiger partial charge in [0, 0.05) is 0 Å². The quantitative estimate of drug-likeness (QED) is 0.450. The Labute approximate surface area is 77.2 Å². The van der Waals surface area contributed by atoms with Gasteiger partial charge < -0.3 is 10.8 Å². The van der Waals surface area contributed by atoms with Gasteiger partial charge in [-0.1, -0.05) is 0 Å². The van der Waals surface area contributed by atoms with Crippen molar-refractivity contribution in [1.29, 1.82) is 0 Å². The Morgan fingerprint density at radius 1 is 1.69 bits per heavy atom. The molecule has 0 aromatic carbocycles. The number of aromatic carboxylic acids is 1. The van der Waals surface area contributed by atoms with E-state index in [2.05, 4.69) is 9.97 Å². The minimum atomic E-state index is -1.31. The van der Waals surface area contributed by atoms with Gasteiger partial charge in [-0.25, -0.2) is 9.78 Å². The summed E-state index contributed by atoms with van der Waals surface area (Å²) in [4.78, 5) is 27.5. The lowest BCUT2D eigenvalue weighted by molar-refractivity contribution is 0.0690. The van der Waals surface area contributed by atoms with Crippen LogP contribution in [0, 0.1) is 0 Å². The zero-order chi connectivity index (χ0) is 10.0. The molecule has 0 aliphatic heterocycles. The van der Waals surface area contributed by atoms with Gasteiger partial charge in [-0.2, -0.15) is 0 Å². The Morgan fingerprint density at radius 3 is 2.77 bits per heavy atom. The smallest absolute Gasteiger partial charge is 0.344 e. The molecule has 70 valence electrons. The lowest BCUT2D eigenvalue weighted by Gasteiger charge is -2.00. The standard InChI is InChI=1S/C6H7N3O3S/c1-13-4-2(5(11)12)3(10)8-6(7)9-4/h1H3,(H,11,12)(H3,7,8,9,10). The van der Waals surface area contributed by atoms with Crippen molar-refractivity contribution in [1.82, 2.24) is 9.97 Å². The van der Waals surface area contributed by atoms with E-state index in [0.717, 1.165) is 11.8 Å². The van der Waals surface area contributed by atoms with Crippen LogP contribution in [0.15, 0.2) is 9.82 Å². The summed E-state index contributed by atoms with van der Waals surface area (Å²) in [5, 5.41) is 8.77. The lowest BCUT2D eigenvalue weighted by atomic mass is 10.3. The molecule has 0 spiro atoms. The highest BCUT2D eigenvalue weighted by atomic mass is 32.2. The summed E-state index contributed by atoms with van der Waals surface area (Å²) in [6.45, 7) is 0. The number of hydrogen-bond acceptors (Lipinski definition) is 5. The van der Waals surface area contributed by atoms with Crippen molar-refractivity contribution in [2.75, 3.05) is 12.0 Å². The number of nitrogens with one attached hydrogen (secondary N) is 1. The number of carbonyl (C=O) groups is 1. The second-order valence-corrected chi connectivity index (χ2v) is 2.94. The summed E-state index contributed by atoms with van der Waals surface area (Å²) < 4.78 is 0. The fourth-order valence-corrected chi connectivity index (χ4v) is 1.38. The fraction of sp³-hybridized carbons (Fsp3) is 0.167. The topological polar surface area (TPSA) is 109 Å². The normalized spacial score (nSPS) is 9.92. The Bertz CT molecular complexity index is 401. The molecule has 1 rings (SSSR count). The van der Waals surface area contributed by atoms with Gasteiger partial charge in [0.1, 0.15) is 5.03 Å². The van der Waals surface area contributed by atoms with E-state index >= 15 is 0 Å². The van der Waals surface area contributed by atoms with Crippen LogP contribution in [0.5, 0.6) is 0 Å². The molecule has 0 amide bonds. The number of aromatic nitrogens is 2. The van der Waals surface area contributed by atoms with E-state index in [1.54, 1.807) is 6.26 Å². The first-order chi connectivity index (χ1) is 6.06. The molecular weight excluding hydrogens is 194 g/mol. The molecule has 4 N–H and O–H groups in total. The molecule has 0 unspecified atom stereocenters. The van der Waals surface area contributed by atoms with Crippen LogP contribution < -0.4 is 11.3 Å². The fourth-order valence-electron chi connectivity index (χ4n) is 0.805. The highest BCUT2D eigenvalue weighted by Crippen LogP contribution is 2.14. The first-order valence-electron chi connectivity index (χ1n) is 3.23. The van der Waals surface area contributed by atoms with Crippen molar-refractivity contribution in [2.45, 2.75) is 5.03 Å². The molecule has 0 saturated carbocycles. The molecule has 7 heteroatoms. The summed E-state index contributed by atoms with van der Waals surface area (Å²) in [5.41, 5.74) is 4.13. The van der Waals surface area contributed by atoms with E-state index in [1.807, 2.05) is 0 Å². The van der Waals surface area contributed by atoms with Gasteiger partial charge >= 0.3 is 5.97 Å². The molecule has 1 aromatic heterocycles. The van der Waals surface area contributed by atoms with Gasteiger partial charge in [-0.05, 0) is 6.26 Å². The van der Waals surface area contributed by atoms with Gasteiger partial charge in [0.05, 0.1) is 0 Å². The molecule has 0 aliphatic rings. The number of hydrogen-bond donors (Lipinski definition) is 3. The van der Waals surface area contributed by atoms with Crippen molar-refractivity contribution in [3.05, 3.63) is 15.9 Å². The maximum Gasteiger partial charge on any atom is 0.344 e. The summed E-state index contributed by atoms with van der Waals surface area (Å²) in [7, 11) is 0. The molecule has 1 aromatic rings. The predicted molar refractivity (Wildman–Crippen MR) is 48.0 cm³/mol. The first kappa shape index (κ1) is 9.59. The van der Waals surface area contributed by atoms with Crippen molar-refractivity contribution in [3.8, 4) is 0 Å². The minimum absolute atomic E-state index is 0.0839. The van der Waals surface area contributed by atoms with Gasteiger partial charge in [-0.3, -0.25) is 9.78 Å². The van der Waals surface area contributed by atoms with Crippen molar-refractivity contribution >= 4 is 23.7 Å². The van der Waals surface area contributed by atoms with Gasteiger partial charge in [-0.15, -0.1) is 11.8 Å². The number of carboxylic acid groups (broad SMARTS) is 1. The number of carboxylic acids is 1. The Balaban J connectivity index is 3.48. The van der Waals surface area contributed by atoms with E-state index in [0.29, 0.717) is 0 Å². The molecule has 0 fully saturated rings. The van der Waals surface area contributed by atoms with E-state index in [9.17, 15) is 9.59 Å². The summed E-state index contributed by atoms with van der Waals surface area (Å²) >= 11 is 1.06. The van der Waals surface area contributed by atoms with Crippen LogP contribution in [0.1, 0.15) is 10.4 Å². The number of anilines is 1. The second kappa shape index (κ2) is 3.48. The van der Waals surface area contributed by atoms with Crippen LogP contribution in [0.2, 0.25) is 0 Å². The third kappa shape index (κ3) is 1.81. The number of thioether (sulfide) groups is 1. The van der Waals surface area contributed by atoms with E-state index in [4.69, 9.17) is 10.8 Å². The number of aromatic amines is 1. The van der Waals surface area contributed by atoms with Crippen LogP contribution in [0.3, 0.4) is 0 Å². The Morgan fingerprint density at radius 2 is 2.31 bits per heavy atom. The van der Waals surface area contributed by atoms with Crippen LogP contribution in [-0.4, -0.2) is 27.3 Å². The molecular formula is C6H7N3O3S. The largest absolute Gasteiger partial charge is 0.477 e. The maximum atomic E-state index is 11.1. The van der Waals surface area contributed by atoms with Crippen LogP contribution in [-0.2, 0) is 0 Å². The van der Waals surface area contributed by atoms with Crippen LogP contribution in [0.25, 0.3) is 0 Å². The maximum absolute atomic E-state index is 11.1. The van der Waals surface area contributed by atoms with Crippen LogP contribution >= 0.6 is 11.8 Å². The lowest BCUT2D eigenvalue weighted by Crippen LogP contribution is -2.21. The second-order valence-electron chi connectivity index (χ2n) is 2.14. The van der Waals surface area contributed by atoms with E-state index in [1.165, 1.54) is 0 Å². The highest BCUT2D eigenvalue weighted by molar-refractivity contribution is 7.98. The van der Waals surface area contributed by atoms with Crippen molar-refractivity contribution in [2.24, 2.45) is 0 Å². The number of nitrogen functional groups attached to an aromatic ring is 1. The number of H-pyrrole nitrogens is 1. The minimum Gasteiger partial charge on any atom is -0.477 e. The monoisotopic (exact) mass is 201 g/mol. The van der Waals surface area contributed by atoms with E-state index < -0.39 is 11.5 Å². The SMILES string of the molecule is CSc1nc(N)[nH]c(=O)c1C(=O)O. The number of nitrogens with two attached hydrogens (primary N) is 1. The molecule has 1 heterocycles. The molecule has 0 atom stereocenters. The molecule has 13 heavy (non-hydrogen) atoms. The van der Waals surface area contributed by atoms with Gasteiger partial charge in [0.2, 0.25) is 5.95 Å². The predicted octanol–water partition coefficient (Wildman–Crippen LogP) is -0.228. The van der Waals surface area contributed by atoms with Gasteiger partial charge in [0.15, 0.2) is 5.56 Å². The number of nitrogens with zero attached hydrogens (tertiary/aromatic N) is 1. The zero-order valence-corrected chi connectivity index (χ0v) is 7.51. The first-order valence-corrected chi connectivity index (χ1v) is 4.45. The molecule has 6 nitrogen and oxygen atoms in total. The number of rotatable bonds is 2. The summed E-state index contributed by atoms with van der Waals surface area (Å²) in [6.07, 6.45) is 1.62. The third-order valence-corrected chi connectivity index (χ3v) is 1.99. The van der Waals surface area contributed by atoms with Crippen molar-refractivity contribution < 1.29 is 9.90 Å². The summed E-state index contributed by atoms with van der Waals surface area (Å²) in [6, 6.07) is 0. The average Bonchev–Trinajstić information content (AvgIpc) is 2.01. The molecule has 0 saturated heterocycles.